The summed E-state index contributed by atoms with van der Waals surface area (Å²) >= 11 is 0. The molecule has 0 amide bonds. The van der Waals surface area contributed by atoms with Crippen LogP contribution < -0.4 is 0 Å². The van der Waals surface area contributed by atoms with E-state index in [9.17, 15) is 43.2 Å². The summed E-state index contributed by atoms with van der Waals surface area (Å²) in [5.41, 5.74) is 0. The Labute approximate surface area is 556 Å². The van der Waals surface area contributed by atoms with Crippen molar-refractivity contribution in [2.75, 3.05) is 39.6 Å². The summed E-state index contributed by atoms with van der Waals surface area (Å²) in [4.78, 5) is 72.6. The molecule has 3 unspecified atom stereocenters. The van der Waals surface area contributed by atoms with E-state index < -0.39 is 97.5 Å². The summed E-state index contributed by atoms with van der Waals surface area (Å²) in [6.45, 7) is 14.1. The molecule has 6 atom stereocenters. The van der Waals surface area contributed by atoms with Gasteiger partial charge in [0.2, 0.25) is 0 Å². The van der Waals surface area contributed by atoms with Crippen LogP contribution in [0.2, 0.25) is 0 Å². The van der Waals surface area contributed by atoms with Crippen molar-refractivity contribution >= 4 is 39.5 Å². The minimum absolute atomic E-state index is 0.102. The lowest BCUT2D eigenvalue weighted by Gasteiger charge is -2.21. The van der Waals surface area contributed by atoms with Gasteiger partial charge in [-0.05, 0) is 49.4 Å². The second-order valence-electron chi connectivity index (χ2n) is 27.6. The summed E-state index contributed by atoms with van der Waals surface area (Å²) in [7, 11) is -9.90. The minimum Gasteiger partial charge on any atom is -0.462 e. The molecule has 0 bridgehead atoms. The fourth-order valence-electron chi connectivity index (χ4n) is 10.8. The molecule has 17 nitrogen and oxygen atoms in total. The van der Waals surface area contributed by atoms with E-state index in [0.29, 0.717) is 31.6 Å². The zero-order valence-corrected chi connectivity index (χ0v) is 61.3. The van der Waals surface area contributed by atoms with Gasteiger partial charge in [0, 0.05) is 25.7 Å². The molecule has 0 saturated carbocycles. The predicted octanol–water partition coefficient (Wildman–Crippen LogP) is 20.5. The zero-order valence-electron chi connectivity index (χ0n) is 59.5. The topological polar surface area (TPSA) is 237 Å². The largest absolute Gasteiger partial charge is 0.472 e. The van der Waals surface area contributed by atoms with Crippen molar-refractivity contribution in [1.29, 1.82) is 0 Å². The quantitative estimate of drug-likeness (QED) is 0.0222. The first kappa shape index (κ1) is 89.1. The molecule has 19 heteroatoms. The van der Waals surface area contributed by atoms with Crippen molar-refractivity contribution in [3.63, 3.8) is 0 Å². The number of unbranched alkanes of at least 4 members (excludes halogenated alkanes) is 34. The van der Waals surface area contributed by atoms with Crippen molar-refractivity contribution in [1.82, 2.24) is 0 Å². The van der Waals surface area contributed by atoms with Crippen molar-refractivity contribution in [3.05, 3.63) is 0 Å². The monoisotopic (exact) mass is 1340 g/mol. The molecular formula is C72H140O17P2. The van der Waals surface area contributed by atoms with Crippen LogP contribution in [0.25, 0.3) is 0 Å². The van der Waals surface area contributed by atoms with Gasteiger partial charge in [-0.15, -0.1) is 0 Å². The summed E-state index contributed by atoms with van der Waals surface area (Å²) in [6, 6.07) is 0. The van der Waals surface area contributed by atoms with Crippen LogP contribution >= 0.6 is 15.6 Å². The molecule has 0 saturated heterocycles. The average Bonchev–Trinajstić information content (AvgIpc) is 3.01. The fourth-order valence-corrected chi connectivity index (χ4v) is 12.4. The number of rotatable bonds is 69. The number of carbonyl (C=O) groups is 4. The van der Waals surface area contributed by atoms with Crippen molar-refractivity contribution in [2.24, 2.45) is 23.7 Å². The first-order valence-corrected chi connectivity index (χ1v) is 40.2. The van der Waals surface area contributed by atoms with Gasteiger partial charge in [-0.2, -0.15) is 0 Å². The van der Waals surface area contributed by atoms with Gasteiger partial charge >= 0.3 is 39.5 Å². The van der Waals surface area contributed by atoms with Crippen LogP contribution in [0, 0.1) is 23.7 Å². The Morgan fingerprint density at radius 3 is 0.780 bits per heavy atom. The van der Waals surface area contributed by atoms with Gasteiger partial charge in [-0.25, -0.2) is 9.13 Å². The smallest absolute Gasteiger partial charge is 0.462 e. The molecule has 0 rings (SSSR count). The predicted molar refractivity (Wildman–Crippen MR) is 367 cm³/mol. The van der Waals surface area contributed by atoms with E-state index in [1.165, 1.54) is 154 Å². The number of esters is 4. The Balaban J connectivity index is 5.24. The number of hydrogen-bond donors (Lipinski definition) is 3. The molecule has 0 aliphatic rings. The molecule has 0 aromatic heterocycles. The van der Waals surface area contributed by atoms with Gasteiger partial charge in [0.05, 0.1) is 26.4 Å². The van der Waals surface area contributed by atoms with Crippen molar-refractivity contribution < 1.29 is 80.2 Å². The molecule has 0 fully saturated rings. The van der Waals surface area contributed by atoms with Crippen LogP contribution in [0.3, 0.4) is 0 Å². The first-order valence-electron chi connectivity index (χ1n) is 37.2. The highest BCUT2D eigenvalue weighted by Crippen LogP contribution is 2.45. The van der Waals surface area contributed by atoms with Gasteiger partial charge in [-0.1, -0.05) is 306 Å². The van der Waals surface area contributed by atoms with Gasteiger partial charge in [-0.3, -0.25) is 37.3 Å². The maximum Gasteiger partial charge on any atom is 0.472 e. The molecule has 0 spiro atoms. The minimum atomic E-state index is -4.96. The molecule has 0 heterocycles. The number of phosphoric ester groups is 2. The Hall–Kier alpha value is -1.94. The van der Waals surface area contributed by atoms with E-state index >= 15 is 0 Å². The molecule has 91 heavy (non-hydrogen) atoms. The average molecular weight is 1340 g/mol. The second kappa shape index (κ2) is 61.6. The highest BCUT2D eigenvalue weighted by Gasteiger charge is 2.30. The lowest BCUT2D eigenvalue weighted by atomic mass is 10.00. The van der Waals surface area contributed by atoms with Crippen LogP contribution in [0.5, 0.6) is 0 Å². The summed E-state index contributed by atoms with van der Waals surface area (Å²) in [5.74, 6) is 0.847. The molecule has 0 radical (unpaired) electrons. The van der Waals surface area contributed by atoms with Gasteiger partial charge in [0.25, 0.3) is 0 Å². The Kier molecular flexibility index (Phi) is 60.3. The van der Waals surface area contributed by atoms with Crippen molar-refractivity contribution in [2.45, 2.75) is 375 Å². The third-order valence-electron chi connectivity index (χ3n) is 16.9. The van der Waals surface area contributed by atoms with Crippen LogP contribution in [0.4, 0.5) is 0 Å². The van der Waals surface area contributed by atoms with E-state index in [0.717, 1.165) is 114 Å². The third kappa shape index (κ3) is 65.1. The Morgan fingerprint density at radius 1 is 0.308 bits per heavy atom. The molecule has 0 aliphatic carbocycles. The maximum absolute atomic E-state index is 13.0. The molecule has 3 N–H and O–H groups in total. The highest BCUT2D eigenvalue weighted by atomic mass is 31.2. The van der Waals surface area contributed by atoms with Crippen LogP contribution in [-0.2, 0) is 65.4 Å². The molecular weight excluding hydrogens is 1200 g/mol. The Bertz CT molecular complexity index is 1800. The summed E-state index contributed by atoms with van der Waals surface area (Å²) < 4.78 is 68.3. The number of ether oxygens (including phenoxy) is 4. The fraction of sp³-hybridized carbons (Fsp3) is 0.944. The van der Waals surface area contributed by atoms with Crippen molar-refractivity contribution in [3.8, 4) is 0 Å². The van der Waals surface area contributed by atoms with E-state index in [4.69, 9.17) is 37.0 Å². The lowest BCUT2D eigenvalue weighted by molar-refractivity contribution is -0.161. The zero-order chi connectivity index (χ0) is 67.5. The van der Waals surface area contributed by atoms with E-state index in [1.54, 1.807) is 0 Å². The number of hydrogen-bond acceptors (Lipinski definition) is 15. The van der Waals surface area contributed by atoms with Gasteiger partial charge in [0.15, 0.2) is 12.2 Å². The number of carbonyl (C=O) groups excluding carboxylic acids is 4. The van der Waals surface area contributed by atoms with E-state index in [2.05, 4.69) is 55.4 Å². The number of aliphatic hydroxyl groups excluding tert-OH is 1. The summed E-state index contributed by atoms with van der Waals surface area (Å²) in [6.07, 6.45) is 44.6. The normalized spacial score (nSPS) is 14.5. The number of aliphatic hydroxyl groups is 1. The molecule has 0 aromatic rings. The molecule has 0 aromatic carbocycles. The molecule has 0 aliphatic heterocycles. The highest BCUT2D eigenvalue weighted by molar-refractivity contribution is 7.47. The Morgan fingerprint density at radius 2 is 0.527 bits per heavy atom. The van der Waals surface area contributed by atoms with Gasteiger partial charge in [0.1, 0.15) is 19.3 Å². The third-order valence-corrected chi connectivity index (χ3v) is 18.8. The van der Waals surface area contributed by atoms with Gasteiger partial charge < -0.3 is 33.8 Å². The lowest BCUT2D eigenvalue weighted by Crippen LogP contribution is -2.30. The van der Waals surface area contributed by atoms with Crippen LogP contribution in [-0.4, -0.2) is 96.7 Å². The van der Waals surface area contributed by atoms with Crippen LogP contribution in [0.1, 0.15) is 357 Å². The standard InChI is InChI=1S/C72H140O17P2/c1-9-65(8)51-43-35-29-31-39-47-55-72(77)89-68(59-83-70(75)53-45-37-30-28-34-42-50-64(6)7)61-87-91(80,81)85-57-66(73)56-84-90(78,79)86-60-67(88-71(76)54-46-38-27-23-19-15-11-13-17-21-25-33-41-49-63(4)5)58-82-69(74)52-44-36-26-22-18-14-10-12-16-20-24-32-40-48-62(2)3/h62-68,73H,9-61H2,1-8H3,(H,78,79)(H,80,81)/t65?,66-,67-,68-/m1/s1. The molecule has 540 valence electrons. The maximum atomic E-state index is 13.0. The van der Waals surface area contributed by atoms with E-state index in [1.807, 2.05) is 0 Å². The summed E-state index contributed by atoms with van der Waals surface area (Å²) in [5, 5.41) is 10.6. The number of phosphoric acid groups is 2. The van der Waals surface area contributed by atoms with E-state index in [-0.39, 0.29) is 25.7 Å². The first-order chi connectivity index (χ1) is 43.6. The second-order valence-corrected chi connectivity index (χ2v) is 30.6. The van der Waals surface area contributed by atoms with Crippen LogP contribution in [0.15, 0.2) is 0 Å². The SMILES string of the molecule is CCC(C)CCCCCCCCC(=O)O[C@H](COC(=O)CCCCCCCCC(C)C)COP(=O)(O)OC[C@H](O)COP(=O)(O)OC[C@@H](COC(=O)CCCCCCCCCCCCCCCC(C)C)OC(=O)CCCCCCCCCCCCCCCC(C)C.